The maximum absolute atomic E-state index is 13.0. The fourth-order valence-corrected chi connectivity index (χ4v) is 6.59. The van der Waals surface area contributed by atoms with Crippen molar-refractivity contribution in [3.05, 3.63) is 0 Å². The molecule has 1 saturated heterocycles. The molecule has 0 aromatic heterocycles. The van der Waals surface area contributed by atoms with E-state index in [9.17, 15) is 29.9 Å². The standard InChI is InChI=1S/C29H59O10P/c1-3-5-7-9-11-13-15-17-20-28(34)27(33)26(32)25(24-31)38-29(28,39-40(35,36)37-23-19-22-30)21-18-16-14-12-10-8-6-4-2/h25-27,30-34H,3-24H2,1-2H3,(H,35,36)/t25-,26-,27+,28-,29?/m1/s1. The SMILES string of the molecule is CCCCCCCCCCC1(OP(=O)(O)OCCCO)O[C@H](CO)[C@@H](O)[C@H](O)[C@]1(O)CCCCCCCCCC. The number of rotatable bonds is 25. The molecule has 10 nitrogen and oxygen atoms in total. The second-order valence-electron chi connectivity index (χ2n) is 11.4. The Morgan fingerprint density at radius 2 is 1.23 bits per heavy atom. The molecule has 240 valence electrons. The third-order valence-corrected chi connectivity index (χ3v) is 9.00. The molecule has 6 atom stereocenters. The molecule has 6 N–H and O–H groups in total. The lowest BCUT2D eigenvalue weighted by molar-refractivity contribution is -0.385. The Bertz CT molecular complexity index is 683. The van der Waals surface area contributed by atoms with Crippen molar-refractivity contribution in [3.63, 3.8) is 0 Å². The normalized spacial score (nSPS) is 28.6. The van der Waals surface area contributed by atoms with Crippen molar-refractivity contribution in [3.8, 4) is 0 Å². The maximum atomic E-state index is 13.0. The average molecular weight is 599 g/mol. The minimum absolute atomic E-state index is 0.0357. The topological polar surface area (TPSA) is 166 Å². The van der Waals surface area contributed by atoms with Gasteiger partial charge in [-0.15, -0.1) is 0 Å². The lowest BCUT2D eigenvalue weighted by atomic mass is 9.74. The highest BCUT2D eigenvalue weighted by Crippen LogP contribution is 2.56. The number of phosphoric ester groups is 1. The van der Waals surface area contributed by atoms with Crippen LogP contribution in [0, 0.1) is 0 Å². The first kappa shape index (κ1) is 37.9. The van der Waals surface area contributed by atoms with Gasteiger partial charge in [0.25, 0.3) is 0 Å². The molecule has 1 heterocycles. The van der Waals surface area contributed by atoms with Crippen LogP contribution in [0.3, 0.4) is 0 Å². The molecule has 0 bridgehead atoms. The Hall–Kier alpha value is -0.130. The first-order chi connectivity index (χ1) is 19.1. The Kier molecular flexibility index (Phi) is 19.6. The average Bonchev–Trinajstić information content (AvgIpc) is 2.92. The largest absolute Gasteiger partial charge is 0.474 e. The van der Waals surface area contributed by atoms with Crippen LogP contribution in [0.5, 0.6) is 0 Å². The number of unbranched alkanes of at least 4 members (excludes halogenated alkanes) is 14. The lowest BCUT2D eigenvalue weighted by Crippen LogP contribution is -2.73. The number of phosphoric acid groups is 1. The zero-order valence-corrected chi connectivity index (χ0v) is 25.9. The summed E-state index contributed by atoms with van der Waals surface area (Å²) in [6.45, 7) is 3.13. The van der Waals surface area contributed by atoms with Crippen LogP contribution in [0.1, 0.15) is 136 Å². The van der Waals surface area contributed by atoms with E-state index in [0.717, 1.165) is 57.8 Å². The van der Waals surface area contributed by atoms with Crippen LogP contribution in [0.15, 0.2) is 0 Å². The molecule has 0 aliphatic carbocycles. The molecular weight excluding hydrogens is 539 g/mol. The van der Waals surface area contributed by atoms with Gasteiger partial charge in [-0.25, -0.2) is 4.57 Å². The van der Waals surface area contributed by atoms with Crippen molar-refractivity contribution < 1.29 is 48.8 Å². The van der Waals surface area contributed by atoms with E-state index in [1.807, 2.05) is 0 Å². The molecule has 40 heavy (non-hydrogen) atoms. The number of ether oxygens (including phenoxy) is 1. The third kappa shape index (κ3) is 12.6. The molecule has 0 amide bonds. The Balaban J connectivity index is 3.08. The molecule has 1 aliphatic rings. The molecule has 1 fully saturated rings. The van der Waals surface area contributed by atoms with Crippen molar-refractivity contribution in [1.82, 2.24) is 0 Å². The van der Waals surface area contributed by atoms with E-state index in [0.29, 0.717) is 12.8 Å². The zero-order valence-electron chi connectivity index (χ0n) is 25.1. The first-order valence-corrected chi connectivity index (χ1v) is 17.3. The number of aliphatic hydroxyl groups is 5. The Morgan fingerprint density at radius 3 is 1.70 bits per heavy atom. The molecular formula is C29H59O10P. The van der Waals surface area contributed by atoms with Crippen LogP contribution in [0.2, 0.25) is 0 Å². The van der Waals surface area contributed by atoms with E-state index in [1.165, 1.54) is 32.1 Å². The summed E-state index contributed by atoms with van der Waals surface area (Å²) in [4.78, 5) is 10.6. The van der Waals surface area contributed by atoms with Crippen LogP contribution in [-0.4, -0.2) is 79.9 Å². The van der Waals surface area contributed by atoms with E-state index >= 15 is 0 Å². The van der Waals surface area contributed by atoms with Gasteiger partial charge in [0, 0.05) is 13.0 Å². The van der Waals surface area contributed by atoms with Gasteiger partial charge < -0.3 is 35.2 Å². The predicted molar refractivity (Wildman–Crippen MR) is 155 cm³/mol. The second-order valence-corrected chi connectivity index (χ2v) is 12.7. The summed E-state index contributed by atoms with van der Waals surface area (Å²) in [5, 5.41) is 52.7. The van der Waals surface area contributed by atoms with Gasteiger partial charge in [0.15, 0.2) is 0 Å². The lowest BCUT2D eigenvalue weighted by Gasteiger charge is -2.55. The smallest absolute Gasteiger partial charge is 0.396 e. The summed E-state index contributed by atoms with van der Waals surface area (Å²) in [5.74, 6) is -2.19. The summed E-state index contributed by atoms with van der Waals surface area (Å²) in [6, 6.07) is 0. The van der Waals surface area contributed by atoms with Crippen molar-refractivity contribution in [2.45, 2.75) is 166 Å². The van der Waals surface area contributed by atoms with Gasteiger partial charge in [-0.2, -0.15) is 0 Å². The monoisotopic (exact) mass is 598 g/mol. The summed E-state index contributed by atoms with van der Waals surface area (Å²) in [5.41, 5.74) is -2.22. The molecule has 11 heteroatoms. The van der Waals surface area contributed by atoms with Crippen molar-refractivity contribution in [2.75, 3.05) is 19.8 Å². The van der Waals surface area contributed by atoms with E-state index in [-0.39, 0.29) is 32.5 Å². The van der Waals surface area contributed by atoms with Gasteiger partial charge in [0.1, 0.15) is 23.9 Å². The van der Waals surface area contributed by atoms with Crippen LogP contribution in [0.25, 0.3) is 0 Å². The van der Waals surface area contributed by atoms with Crippen molar-refractivity contribution in [2.24, 2.45) is 0 Å². The highest BCUT2D eigenvalue weighted by Gasteiger charge is 2.66. The Morgan fingerprint density at radius 1 is 0.750 bits per heavy atom. The first-order valence-electron chi connectivity index (χ1n) is 15.8. The number of aliphatic hydroxyl groups excluding tert-OH is 4. The summed E-state index contributed by atoms with van der Waals surface area (Å²) in [7, 11) is -4.82. The molecule has 2 unspecified atom stereocenters. The maximum Gasteiger partial charge on any atom is 0.474 e. The predicted octanol–water partition coefficient (Wildman–Crippen LogP) is 5.10. The van der Waals surface area contributed by atoms with Crippen LogP contribution in [0.4, 0.5) is 0 Å². The molecule has 0 spiro atoms. The van der Waals surface area contributed by atoms with E-state index in [1.54, 1.807) is 0 Å². The zero-order chi connectivity index (χ0) is 29.9. The van der Waals surface area contributed by atoms with Crippen LogP contribution < -0.4 is 0 Å². The minimum atomic E-state index is -4.82. The van der Waals surface area contributed by atoms with E-state index in [4.69, 9.17) is 18.9 Å². The van der Waals surface area contributed by atoms with Gasteiger partial charge in [-0.1, -0.05) is 110 Å². The fourth-order valence-electron chi connectivity index (χ4n) is 5.51. The summed E-state index contributed by atoms with van der Waals surface area (Å²) < 4.78 is 29.6. The summed E-state index contributed by atoms with van der Waals surface area (Å²) in [6.07, 6.45) is 11.0. The second kappa shape index (κ2) is 20.7. The fraction of sp³-hybridized carbons (Fsp3) is 1.00. The van der Waals surface area contributed by atoms with Gasteiger partial charge >= 0.3 is 7.82 Å². The highest BCUT2D eigenvalue weighted by atomic mass is 31.2. The summed E-state index contributed by atoms with van der Waals surface area (Å²) >= 11 is 0. The van der Waals surface area contributed by atoms with Crippen molar-refractivity contribution >= 4 is 7.82 Å². The van der Waals surface area contributed by atoms with Crippen LogP contribution >= 0.6 is 7.82 Å². The van der Waals surface area contributed by atoms with Gasteiger partial charge in [0.05, 0.1) is 13.2 Å². The van der Waals surface area contributed by atoms with Gasteiger partial charge in [-0.3, -0.25) is 9.05 Å². The molecule has 0 saturated carbocycles. The molecule has 1 rings (SSSR count). The van der Waals surface area contributed by atoms with E-state index in [2.05, 4.69) is 13.8 Å². The molecule has 1 aliphatic heterocycles. The number of hydrogen-bond donors (Lipinski definition) is 6. The quantitative estimate of drug-likeness (QED) is 0.0614. The van der Waals surface area contributed by atoms with Crippen molar-refractivity contribution in [1.29, 1.82) is 0 Å². The van der Waals surface area contributed by atoms with Gasteiger partial charge in [-0.05, 0) is 19.3 Å². The number of hydrogen-bond acceptors (Lipinski definition) is 9. The highest BCUT2D eigenvalue weighted by molar-refractivity contribution is 7.47. The Labute approximate surface area is 242 Å². The van der Waals surface area contributed by atoms with E-state index < -0.39 is 44.1 Å². The molecule has 0 radical (unpaired) electrons. The molecule has 0 aromatic rings. The molecule has 0 aromatic carbocycles. The third-order valence-electron chi connectivity index (χ3n) is 7.97. The van der Waals surface area contributed by atoms with Gasteiger partial charge in [0.2, 0.25) is 5.79 Å². The van der Waals surface area contributed by atoms with Crippen LogP contribution in [-0.2, 0) is 18.3 Å². The minimum Gasteiger partial charge on any atom is -0.396 e.